The molecular weight excluding hydrogens is 713 g/mol. The number of aromatic nitrogens is 4. The molecule has 7 atom stereocenters. The fraction of sp³-hybridized carbons (Fsp3) is 0.500. The highest BCUT2D eigenvalue weighted by Crippen LogP contribution is 2.38. The summed E-state index contributed by atoms with van der Waals surface area (Å²) in [6.45, 7) is 1.44. The quantitative estimate of drug-likeness (QED) is 0.121. The topological polar surface area (TPSA) is 178 Å². The fourth-order valence-corrected chi connectivity index (χ4v) is 9.28. The SMILES string of the molecule is COC(=O)N[C@@H]1CC[C@H](C(=O)N2CCC[C@H]2c2ncc(-c3ccc(-c4ccc(-c5cnc([C@@H]6CCCN6C(=O)[C@H]6CC[C@@H](NC(O)OC)C6)[nH]5)cc4)cc3)[nH]2)C1. The number of H-pyrrole nitrogens is 2. The van der Waals surface area contributed by atoms with Crippen LogP contribution in [-0.2, 0) is 19.1 Å². The van der Waals surface area contributed by atoms with Gasteiger partial charge in [0.25, 0.3) is 0 Å². The van der Waals surface area contributed by atoms with E-state index in [-0.39, 0.29) is 47.8 Å². The number of benzene rings is 2. The normalized spacial score (nSPS) is 25.5. The van der Waals surface area contributed by atoms with E-state index in [9.17, 15) is 19.5 Å². The summed E-state index contributed by atoms with van der Waals surface area (Å²) >= 11 is 0. The van der Waals surface area contributed by atoms with E-state index in [1.807, 2.05) is 22.2 Å². The number of amides is 3. The standard InChI is InChI=1S/C42H52N8O6/c1-55-41(53)45-31-17-15-29(21-31)39(51)49-19-3-5-35(49)37-43-23-33(47-37)27-11-7-25(8-12-27)26-9-13-28(14-10-26)34-24-44-38(48-34)36-6-4-20-50(36)40(52)30-16-18-32(22-30)46-42(54)56-2/h7-14,23-24,29-32,35-36,41,45,53H,3-6,15-22H2,1-2H3,(H,43,47)(H,44,48)(H,46,54)/t29-,30-,31+,32+,35-,36-,41?/m0/s1. The summed E-state index contributed by atoms with van der Waals surface area (Å²) in [5.41, 5.74) is 6.06. The number of alkyl carbamates (subject to hydrolysis) is 1. The highest BCUT2D eigenvalue weighted by atomic mass is 16.6. The Morgan fingerprint density at radius 3 is 1.64 bits per heavy atom. The van der Waals surface area contributed by atoms with Crippen LogP contribution in [0.25, 0.3) is 33.6 Å². The average molecular weight is 765 g/mol. The second-order valence-electron chi connectivity index (χ2n) is 15.7. The first-order valence-electron chi connectivity index (χ1n) is 20.0. The van der Waals surface area contributed by atoms with Gasteiger partial charge in [-0.05, 0) is 86.5 Å². The van der Waals surface area contributed by atoms with Crippen LogP contribution in [0.5, 0.6) is 0 Å². The highest BCUT2D eigenvalue weighted by Gasteiger charge is 2.40. The number of carbonyl (C=O) groups excluding carboxylic acids is 3. The molecule has 0 bridgehead atoms. The summed E-state index contributed by atoms with van der Waals surface area (Å²) in [5, 5.41) is 15.7. The molecule has 14 heteroatoms. The molecule has 5 N–H and O–H groups in total. The van der Waals surface area contributed by atoms with Crippen LogP contribution in [0.2, 0.25) is 0 Å². The van der Waals surface area contributed by atoms with E-state index in [2.05, 4.69) is 69.1 Å². The van der Waals surface area contributed by atoms with Gasteiger partial charge in [-0.25, -0.2) is 14.8 Å². The molecule has 4 fully saturated rings. The largest absolute Gasteiger partial charge is 0.453 e. The number of hydrogen-bond acceptors (Lipinski definition) is 9. The van der Waals surface area contributed by atoms with Crippen molar-refractivity contribution >= 4 is 17.9 Å². The Hall–Kier alpha value is -5.05. The number of carbonyl (C=O) groups is 3. The Morgan fingerprint density at radius 1 is 0.696 bits per heavy atom. The number of aliphatic hydroxyl groups is 1. The lowest BCUT2D eigenvalue weighted by Gasteiger charge is -2.26. The Labute approximate surface area is 326 Å². The van der Waals surface area contributed by atoms with Gasteiger partial charge in [0.2, 0.25) is 18.2 Å². The molecule has 56 heavy (non-hydrogen) atoms. The van der Waals surface area contributed by atoms with Gasteiger partial charge in [-0.1, -0.05) is 48.5 Å². The minimum Gasteiger partial charge on any atom is -0.453 e. The maximum absolute atomic E-state index is 13.6. The van der Waals surface area contributed by atoms with Crippen LogP contribution >= 0.6 is 0 Å². The molecule has 2 aliphatic heterocycles. The van der Waals surface area contributed by atoms with Gasteiger partial charge in [-0.2, -0.15) is 0 Å². The molecule has 4 aromatic rings. The minimum atomic E-state index is -1.01. The van der Waals surface area contributed by atoms with Crippen LogP contribution in [-0.4, -0.2) is 98.6 Å². The van der Waals surface area contributed by atoms with E-state index in [4.69, 9.17) is 19.4 Å². The van der Waals surface area contributed by atoms with Crippen LogP contribution in [0, 0.1) is 11.8 Å². The summed E-state index contributed by atoms with van der Waals surface area (Å²) in [7, 11) is 2.80. The molecule has 2 saturated carbocycles. The molecule has 4 aliphatic rings. The van der Waals surface area contributed by atoms with Gasteiger partial charge in [0, 0.05) is 44.1 Å². The Morgan fingerprint density at radius 2 is 1.16 bits per heavy atom. The lowest BCUT2D eigenvalue weighted by molar-refractivity contribution is -0.137. The molecule has 2 aromatic heterocycles. The van der Waals surface area contributed by atoms with Crippen molar-refractivity contribution in [2.24, 2.45) is 11.8 Å². The Kier molecular flexibility index (Phi) is 11.2. The second-order valence-corrected chi connectivity index (χ2v) is 15.7. The molecule has 14 nitrogen and oxygen atoms in total. The summed E-state index contributed by atoms with van der Waals surface area (Å²) in [6, 6.07) is 16.7. The van der Waals surface area contributed by atoms with Gasteiger partial charge in [-0.3, -0.25) is 14.9 Å². The van der Waals surface area contributed by atoms with Crippen molar-refractivity contribution in [3.05, 3.63) is 72.6 Å². The van der Waals surface area contributed by atoms with Gasteiger partial charge >= 0.3 is 6.09 Å². The molecule has 1 unspecified atom stereocenters. The van der Waals surface area contributed by atoms with E-state index in [0.717, 1.165) is 103 Å². The van der Waals surface area contributed by atoms with E-state index < -0.39 is 12.5 Å². The van der Waals surface area contributed by atoms with Crippen molar-refractivity contribution in [3.63, 3.8) is 0 Å². The molecule has 4 heterocycles. The molecule has 296 valence electrons. The molecule has 0 spiro atoms. The number of nitrogens with one attached hydrogen (secondary N) is 4. The number of aromatic amines is 2. The van der Waals surface area contributed by atoms with Crippen LogP contribution < -0.4 is 10.6 Å². The van der Waals surface area contributed by atoms with E-state index in [1.54, 1.807) is 0 Å². The zero-order valence-corrected chi connectivity index (χ0v) is 32.1. The molecule has 8 rings (SSSR count). The Balaban J connectivity index is 0.874. The summed E-state index contributed by atoms with van der Waals surface area (Å²) in [4.78, 5) is 59.2. The monoisotopic (exact) mass is 764 g/mol. The maximum Gasteiger partial charge on any atom is 0.407 e. The van der Waals surface area contributed by atoms with Crippen LogP contribution in [0.15, 0.2) is 60.9 Å². The second kappa shape index (κ2) is 16.6. The maximum atomic E-state index is 13.6. The zero-order chi connectivity index (χ0) is 38.8. The Bertz CT molecular complexity index is 2000. The van der Waals surface area contributed by atoms with Crippen LogP contribution in [0.1, 0.15) is 87.9 Å². The van der Waals surface area contributed by atoms with Crippen molar-refractivity contribution in [1.82, 2.24) is 40.4 Å². The van der Waals surface area contributed by atoms with Gasteiger partial charge in [-0.15, -0.1) is 0 Å². The lowest BCUT2D eigenvalue weighted by Crippen LogP contribution is -2.39. The van der Waals surface area contributed by atoms with Crippen molar-refractivity contribution in [3.8, 4) is 33.6 Å². The number of hydrogen-bond donors (Lipinski definition) is 5. The predicted molar refractivity (Wildman–Crippen MR) is 208 cm³/mol. The summed E-state index contributed by atoms with van der Waals surface area (Å²) in [6.07, 6.45) is 10.3. The average Bonchev–Trinajstić information content (AvgIpc) is 4.08. The third kappa shape index (κ3) is 7.95. The van der Waals surface area contributed by atoms with Crippen molar-refractivity contribution in [2.75, 3.05) is 27.3 Å². The van der Waals surface area contributed by atoms with Gasteiger partial charge < -0.3 is 39.7 Å². The van der Waals surface area contributed by atoms with E-state index >= 15 is 0 Å². The molecule has 0 radical (unpaired) electrons. The number of nitrogens with zero attached hydrogens (tertiary/aromatic N) is 4. The first kappa shape index (κ1) is 37.9. The number of rotatable bonds is 11. The van der Waals surface area contributed by atoms with Crippen molar-refractivity contribution in [1.29, 1.82) is 0 Å². The highest BCUT2D eigenvalue weighted by molar-refractivity contribution is 5.81. The lowest BCUT2D eigenvalue weighted by atomic mass is 10.0. The number of likely N-dealkylation sites (tertiary alicyclic amines) is 2. The van der Waals surface area contributed by atoms with Gasteiger partial charge in [0.05, 0.1) is 43.0 Å². The number of methoxy groups -OCH3 is 2. The molecule has 3 amide bonds. The van der Waals surface area contributed by atoms with Gasteiger partial charge in [0.15, 0.2) is 0 Å². The molecular formula is C42H52N8O6. The first-order chi connectivity index (χ1) is 27.3. The van der Waals surface area contributed by atoms with Crippen molar-refractivity contribution < 1.29 is 29.0 Å². The van der Waals surface area contributed by atoms with Crippen molar-refractivity contribution in [2.45, 2.75) is 94.8 Å². The fourth-order valence-electron chi connectivity index (χ4n) is 9.28. The van der Waals surface area contributed by atoms with Crippen LogP contribution in [0.3, 0.4) is 0 Å². The predicted octanol–water partition coefficient (Wildman–Crippen LogP) is 5.67. The number of ether oxygens (including phenoxy) is 2. The molecule has 2 aromatic carbocycles. The third-order valence-corrected chi connectivity index (χ3v) is 12.3. The smallest absolute Gasteiger partial charge is 0.407 e. The third-order valence-electron chi connectivity index (χ3n) is 12.3. The first-order valence-corrected chi connectivity index (χ1v) is 20.0. The summed E-state index contributed by atoms with van der Waals surface area (Å²) in [5.74, 6) is 1.76. The van der Waals surface area contributed by atoms with E-state index in [1.165, 1.54) is 14.2 Å². The minimum absolute atomic E-state index is 0.0372. The zero-order valence-electron chi connectivity index (χ0n) is 32.1. The van der Waals surface area contributed by atoms with Crippen LogP contribution in [0.4, 0.5) is 4.79 Å². The molecule has 2 saturated heterocycles. The number of aliphatic hydroxyl groups excluding tert-OH is 1. The summed E-state index contributed by atoms with van der Waals surface area (Å²) < 4.78 is 9.66. The molecule has 2 aliphatic carbocycles. The number of imidazole rings is 2. The van der Waals surface area contributed by atoms with E-state index in [0.29, 0.717) is 19.4 Å². The van der Waals surface area contributed by atoms with Gasteiger partial charge in [0.1, 0.15) is 11.6 Å².